The van der Waals surface area contributed by atoms with Crippen molar-refractivity contribution in [1.29, 1.82) is 0 Å². The van der Waals surface area contributed by atoms with Crippen LogP contribution in [0.2, 0.25) is 0 Å². The molecule has 166 valence electrons. The smallest absolute Gasteiger partial charge is 0.222 e. The van der Waals surface area contributed by atoms with Crippen molar-refractivity contribution in [3.63, 3.8) is 0 Å². The lowest BCUT2D eigenvalue weighted by Crippen LogP contribution is -2.34. The molecule has 0 saturated heterocycles. The first-order chi connectivity index (χ1) is 16.1. The zero-order valence-corrected chi connectivity index (χ0v) is 18.9. The third-order valence-electron chi connectivity index (χ3n) is 5.72. The highest BCUT2D eigenvalue weighted by Gasteiger charge is 2.25. The summed E-state index contributed by atoms with van der Waals surface area (Å²) in [6.45, 7) is 0.539. The van der Waals surface area contributed by atoms with Crippen LogP contribution in [0.3, 0.4) is 0 Å². The molecule has 4 aromatic rings. The monoisotopic (exact) mass is 458 g/mol. The van der Waals surface area contributed by atoms with Crippen molar-refractivity contribution in [2.45, 2.75) is 22.3 Å². The van der Waals surface area contributed by atoms with Crippen LogP contribution in [0.25, 0.3) is 0 Å². The summed E-state index contributed by atoms with van der Waals surface area (Å²) in [5.74, 6) is 0.282. The lowest BCUT2D eigenvalue weighted by Gasteiger charge is -2.32. The van der Waals surface area contributed by atoms with Gasteiger partial charge in [-0.1, -0.05) is 48.2 Å². The van der Waals surface area contributed by atoms with Crippen LogP contribution in [-0.4, -0.2) is 22.0 Å². The molecule has 0 bridgehead atoms. The third kappa shape index (κ3) is 4.36. The van der Waals surface area contributed by atoms with Gasteiger partial charge < -0.3 is 14.8 Å². The van der Waals surface area contributed by atoms with E-state index in [1.54, 1.807) is 30.1 Å². The number of imidazole rings is 1. The first-order valence-corrected chi connectivity index (χ1v) is 11.6. The van der Waals surface area contributed by atoms with Gasteiger partial charge in [0, 0.05) is 42.2 Å². The first kappa shape index (κ1) is 21.3. The predicted molar refractivity (Wildman–Crippen MR) is 128 cm³/mol. The molecule has 0 saturated carbocycles. The van der Waals surface area contributed by atoms with E-state index in [0.29, 0.717) is 18.8 Å². The summed E-state index contributed by atoms with van der Waals surface area (Å²) < 4.78 is 15.4. The Morgan fingerprint density at radius 3 is 2.24 bits per heavy atom. The van der Waals surface area contributed by atoms with Crippen molar-refractivity contribution in [3.05, 3.63) is 102 Å². The van der Waals surface area contributed by atoms with Crippen molar-refractivity contribution in [2.75, 3.05) is 11.4 Å². The number of aryl methyl sites for hydroxylation is 1. The SMILES string of the molecule is Cn1ccnc1C(NC(=O)CCN1c2ccccc2Sc2ccccc21)c1ccc(F)cc1. The number of nitrogens with one attached hydrogen (secondary N) is 1. The zero-order valence-electron chi connectivity index (χ0n) is 18.1. The van der Waals surface area contributed by atoms with Gasteiger partial charge in [0.15, 0.2) is 0 Å². The molecule has 0 aliphatic carbocycles. The number of fused-ring (bicyclic) bond motifs is 2. The number of carbonyl (C=O) groups excluding carboxylic acids is 1. The fourth-order valence-electron chi connectivity index (χ4n) is 4.08. The van der Waals surface area contributed by atoms with Gasteiger partial charge in [0.1, 0.15) is 17.7 Å². The molecule has 2 heterocycles. The summed E-state index contributed by atoms with van der Waals surface area (Å²) in [4.78, 5) is 22.1. The van der Waals surface area contributed by atoms with Crippen LogP contribution in [0, 0.1) is 5.82 Å². The standard InChI is InChI=1S/C26H23FN4OS/c1-30-17-15-28-26(30)25(18-10-12-19(27)13-11-18)29-24(32)14-16-31-20-6-2-4-8-22(20)33-23-9-5-3-7-21(23)31/h2-13,15,17,25H,14,16H2,1H3,(H,29,32). The average Bonchev–Trinajstić information content (AvgIpc) is 3.26. The number of aromatic nitrogens is 2. The topological polar surface area (TPSA) is 50.2 Å². The highest BCUT2D eigenvalue weighted by Crippen LogP contribution is 2.47. The molecule has 1 aromatic heterocycles. The van der Waals surface area contributed by atoms with E-state index in [-0.39, 0.29) is 11.7 Å². The van der Waals surface area contributed by atoms with E-state index >= 15 is 0 Å². The van der Waals surface area contributed by atoms with Crippen LogP contribution in [0.1, 0.15) is 23.9 Å². The van der Waals surface area contributed by atoms with Gasteiger partial charge in [0.25, 0.3) is 0 Å². The summed E-state index contributed by atoms with van der Waals surface area (Å²) in [5.41, 5.74) is 2.99. The molecule has 33 heavy (non-hydrogen) atoms. The molecule has 1 atom stereocenters. The molecule has 1 N–H and O–H groups in total. The quantitative estimate of drug-likeness (QED) is 0.417. The number of anilines is 2. The fourth-order valence-corrected chi connectivity index (χ4v) is 5.17. The Balaban J connectivity index is 1.37. The lowest BCUT2D eigenvalue weighted by molar-refractivity contribution is -0.121. The Labute approximate surface area is 196 Å². The number of carbonyl (C=O) groups is 1. The van der Waals surface area contributed by atoms with Gasteiger partial charge in [0.2, 0.25) is 5.91 Å². The molecule has 5 rings (SSSR count). The van der Waals surface area contributed by atoms with Crippen LogP contribution < -0.4 is 10.2 Å². The maximum absolute atomic E-state index is 13.5. The maximum Gasteiger partial charge on any atom is 0.222 e. The van der Waals surface area contributed by atoms with Crippen molar-refractivity contribution in [3.8, 4) is 0 Å². The molecule has 1 unspecified atom stereocenters. The van der Waals surface area contributed by atoms with Crippen LogP contribution in [0.15, 0.2) is 95.0 Å². The Kier molecular flexibility index (Phi) is 5.88. The van der Waals surface area contributed by atoms with Gasteiger partial charge in [-0.25, -0.2) is 9.37 Å². The van der Waals surface area contributed by atoms with Crippen molar-refractivity contribution < 1.29 is 9.18 Å². The highest BCUT2D eigenvalue weighted by molar-refractivity contribution is 7.99. The molecule has 0 spiro atoms. The van der Waals surface area contributed by atoms with Crippen molar-refractivity contribution in [2.24, 2.45) is 7.05 Å². The predicted octanol–water partition coefficient (Wildman–Crippen LogP) is 5.46. The molecule has 0 fully saturated rings. The number of para-hydroxylation sites is 2. The number of hydrogen-bond donors (Lipinski definition) is 1. The minimum atomic E-state index is -0.463. The molecule has 1 aliphatic heterocycles. The molecule has 1 aliphatic rings. The van der Waals surface area contributed by atoms with Crippen LogP contribution in [-0.2, 0) is 11.8 Å². The van der Waals surface area contributed by atoms with E-state index in [9.17, 15) is 9.18 Å². The molecule has 0 radical (unpaired) electrons. The molecular formula is C26H23FN4OS. The van der Waals surface area contributed by atoms with Gasteiger partial charge in [-0.05, 0) is 42.0 Å². The van der Waals surface area contributed by atoms with E-state index in [1.165, 1.54) is 21.9 Å². The number of benzene rings is 3. The van der Waals surface area contributed by atoms with Gasteiger partial charge >= 0.3 is 0 Å². The molecule has 7 heteroatoms. The fraction of sp³-hybridized carbons (Fsp3) is 0.154. The van der Waals surface area contributed by atoms with E-state index in [0.717, 1.165) is 16.9 Å². The van der Waals surface area contributed by atoms with Gasteiger partial charge in [-0.3, -0.25) is 4.79 Å². The molecule has 1 amide bonds. The van der Waals surface area contributed by atoms with Crippen LogP contribution >= 0.6 is 11.8 Å². The maximum atomic E-state index is 13.5. The van der Waals surface area contributed by atoms with Crippen molar-refractivity contribution >= 4 is 29.0 Å². The second kappa shape index (κ2) is 9.11. The minimum Gasteiger partial charge on any atom is -0.342 e. The summed E-state index contributed by atoms with van der Waals surface area (Å²) in [6.07, 6.45) is 3.82. The first-order valence-electron chi connectivity index (χ1n) is 10.8. The number of rotatable bonds is 6. The number of amides is 1. The van der Waals surface area contributed by atoms with E-state index < -0.39 is 6.04 Å². The molecular weight excluding hydrogens is 435 g/mol. The van der Waals surface area contributed by atoms with Crippen LogP contribution in [0.5, 0.6) is 0 Å². The van der Waals surface area contributed by atoms with E-state index in [1.807, 2.05) is 42.1 Å². The van der Waals surface area contributed by atoms with E-state index in [4.69, 9.17) is 0 Å². The molecule has 5 nitrogen and oxygen atoms in total. The normalized spacial score (nSPS) is 13.2. The van der Waals surface area contributed by atoms with Crippen LogP contribution in [0.4, 0.5) is 15.8 Å². The zero-order chi connectivity index (χ0) is 22.8. The van der Waals surface area contributed by atoms with Crippen molar-refractivity contribution in [1.82, 2.24) is 14.9 Å². The number of hydrogen-bond acceptors (Lipinski definition) is 4. The Morgan fingerprint density at radius 1 is 1.00 bits per heavy atom. The second-order valence-corrected chi connectivity index (χ2v) is 8.97. The summed E-state index contributed by atoms with van der Waals surface area (Å²) in [5, 5.41) is 3.11. The summed E-state index contributed by atoms with van der Waals surface area (Å²) >= 11 is 1.75. The minimum absolute atomic E-state index is 0.0967. The number of halogens is 1. The molecule has 3 aromatic carbocycles. The summed E-state index contributed by atoms with van der Waals surface area (Å²) in [6, 6.07) is 22.2. The largest absolute Gasteiger partial charge is 0.342 e. The Bertz CT molecular complexity index is 1240. The average molecular weight is 459 g/mol. The van der Waals surface area contributed by atoms with E-state index in [2.05, 4.69) is 39.5 Å². The van der Waals surface area contributed by atoms with Gasteiger partial charge in [-0.15, -0.1) is 0 Å². The highest BCUT2D eigenvalue weighted by atomic mass is 32.2. The summed E-state index contributed by atoms with van der Waals surface area (Å²) in [7, 11) is 1.88. The second-order valence-electron chi connectivity index (χ2n) is 7.89. The lowest BCUT2D eigenvalue weighted by atomic mass is 10.1. The number of nitrogens with zero attached hydrogens (tertiary/aromatic N) is 3. The van der Waals surface area contributed by atoms with Gasteiger partial charge in [-0.2, -0.15) is 0 Å². The van der Waals surface area contributed by atoms with Gasteiger partial charge in [0.05, 0.1) is 11.4 Å². The third-order valence-corrected chi connectivity index (χ3v) is 6.85. The Hall–Kier alpha value is -3.58. The Morgan fingerprint density at radius 2 is 1.64 bits per heavy atom.